The Morgan fingerprint density at radius 3 is 2.41 bits per heavy atom. The van der Waals surface area contributed by atoms with Crippen LogP contribution in [0.2, 0.25) is 0 Å². The lowest BCUT2D eigenvalue weighted by Crippen LogP contribution is -2.51. The number of ether oxygens (including phenoxy) is 3. The van der Waals surface area contributed by atoms with E-state index in [-0.39, 0.29) is 17.7 Å². The third kappa shape index (κ3) is 4.33. The van der Waals surface area contributed by atoms with Crippen molar-refractivity contribution in [2.75, 3.05) is 38.9 Å². The molecule has 2 fully saturated rings. The second-order valence-electron chi connectivity index (χ2n) is 6.89. The lowest BCUT2D eigenvalue weighted by atomic mass is 9.91. The van der Waals surface area contributed by atoms with Gasteiger partial charge < -0.3 is 30.2 Å². The van der Waals surface area contributed by atoms with E-state index in [1.165, 1.54) is 0 Å². The van der Waals surface area contributed by atoms with Gasteiger partial charge in [0, 0.05) is 38.0 Å². The van der Waals surface area contributed by atoms with E-state index >= 15 is 0 Å². The molecule has 2 aliphatic heterocycles. The molecule has 0 radical (unpaired) electrons. The van der Waals surface area contributed by atoms with Gasteiger partial charge in [-0.2, -0.15) is 0 Å². The normalized spacial score (nSPS) is 21.8. The fraction of sp³-hybridized carbons (Fsp3) is 0.579. The van der Waals surface area contributed by atoms with Crippen LogP contribution in [0.15, 0.2) is 18.2 Å². The highest BCUT2D eigenvalue weighted by atomic mass is 16.5. The van der Waals surface area contributed by atoms with Crippen molar-refractivity contribution >= 4 is 17.5 Å². The largest absolute Gasteiger partial charge is 0.497 e. The zero-order valence-corrected chi connectivity index (χ0v) is 15.8. The number of hydrogen-bond acceptors (Lipinski definition) is 6. The average Bonchev–Trinajstić information content (AvgIpc) is 3.07. The van der Waals surface area contributed by atoms with E-state index in [1.54, 1.807) is 37.3 Å². The molecule has 1 aromatic carbocycles. The molecule has 0 bridgehead atoms. The predicted octanol–water partition coefficient (Wildman–Crippen LogP) is 0.679. The first-order chi connectivity index (χ1) is 13.0. The van der Waals surface area contributed by atoms with Crippen molar-refractivity contribution in [2.45, 2.75) is 31.3 Å². The van der Waals surface area contributed by atoms with Gasteiger partial charge in [0.1, 0.15) is 17.5 Å². The summed E-state index contributed by atoms with van der Waals surface area (Å²) in [6.07, 6.45) is 2.07. The zero-order valence-electron chi connectivity index (χ0n) is 15.8. The number of carbonyl (C=O) groups is 2. The van der Waals surface area contributed by atoms with Crippen molar-refractivity contribution in [3.05, 3.63) is 18.2 Å². The highest BCUT2D eigenvalue weighted by Crippen LogP contribution is 2.31. The number of nitrogens with zero attached hydrogens (tertiary/aromatic N) is 1. The summed E-state index contributed by atoms with van der Waals surface area (Å²) in [5, 5.41) is 2.82. The third-order valence-corrected chi connectivity index (χ3v) is 5.25. The Labute approximate surface area is 158 Å². The Morgan fingerprint density at radius 1 is 1.19 bits per heavy atom. The van der Waals surface area contributed by atoms with Gasteiger partial charge in [0.25, 0.3) is 0 Å². The Bertz CT molecular complexity index is 668. The summed E-state index contributed by atoms with van der Waals surface area (Å²) in [6.45, 7) is 1.76. The van der Waals surface area contributed by atoms with Gasteiger partial charge in [-0.1, -0.05) is 0 Å². The minimum Gasteiger partial charge on any atom is -0.497 e. The molecule has 8 heteroatoms. The monoisotopic (exact) mass is 377 g/mol. The molecule has 27 heavy (non-hydrogen) atoms. The van der Waals surface area contributed by atoms with Gasteiger partial charge in [-0.3, -0.25) is 9.59 Å². The van der Waals surface area contributed by atoms with Crippen LogP contribution in [-0.4, -0.2) is 57.9 Å². The molecule has 2 heterocycles. The summed E-state index contributed by atoms with van der Waals surface area (Å²) in [6, 6.07) is 4.11. The van der Waals surface area contributed by atoms with Crippen molar-refractivity contribution in [1.82, 2.24) is 5.32 Å². The fourth-order valence-electron chi connectivity index (χ4n) is 3.58. The smallest absolute Gasteiger partial charge is 0.249 e. The topological polar surface area (TPSA) is 103 Å². The van der Waals surface area contributed by atoms with Crippen LogP contribution in [-0.2, 0) is 14.3 Å². The molecule has 0 spiro atoms. The van der Waals surface area contributed by atoms with E-state index in [0.717, 1.165) is 12.8 Å². The van der Waals surface area contributed by atoms with Crippen LogP contribution >= 0.6 is 0 Å². The lowest BCUT2D eigenvalue weighted by molar-refractivity contribution is -0.128. The van der Waals surface area contributed by atoms with E-state index in [1.807, 2.05) is 0 Å². The highest BCUT2D eigenvalue weighted by molar-refractivity contribution is 6.02. The molecule has 3 rings (SSSR count). The molecule has 2 atom stereocenters. The number of nitrogens with one attached hydrogen (secondary N) is 1. The number of amides is 2. The second kappa shape index (κ2) is 8.58. The van der Waals surface area contributed by atoms with Gasteiger partial charge >= 0.3 is 0 Å². The van der Waals surface area contributed by atoms with Gasteiger partial charge in [-0.05, 0) is 25.2 Å². The Morgan fingerprint density at radius 2 is 1.81 bits per heavy atom. The van der Waals surface area contributed by atoms with Crippen LogP contribution in [0.3, 0.4) is 0 Å². The molecule has 148 valence electrons. The van der Waals surface area contributed by atoms with E-state index in [0.29, 0.717) is 43.4 Å². The SMILES string of the molecule is COc1cc(OC)cc(N2CCC(NC(=O)C(N)C3CCOCC3)C2=O)c1. The number of methoxy groups -OCH3 is 2. The molecule has 0 aromatic heterocycles. The van der Waals surface area contributed by atoms with Crippen molar-refractivity contribution in [3.8, 4) is 11.5 Å². The number of carbonyl (C=O) groups excluding carboxylic acids is 2. The minimum absolute atomic E-state index is 0.0917. The van der Waals surface area contributed by atoms with Crippen molar-refractivity contribution < 1.29 is 23.8 Å². The van der Waals surface area contributed by atoms with Gasteiger partial charge in [0.05, 0.1) is 25.9 Å². The van der Waals surface area contributed by atoms with Crippen LogP contribution < -0.4 is 25.4 Å². The lowest BCUT2D eigenvalue weighted by Gasteiger charge is -2.27. The third-order valence-electron chi connectivity index (χ3n) is 5.25. The molecule has 2 amide bonds. The molecule has 2 aliphatic rings. The molecule has 2 saturated heterocycles. The second-order valence-corrected chi connectivity index (χ2v) is 6.89. The maximum Gasteiger partial charge on any atom is 0.249 e. The van der Waals surface area contributed by atoms with Crippen LogP contribution in [0.4, 0.5) is 5.69 Å². The number of benzene rings is 1. The summed E-state index contributed by atoms with van der Waals surface area (Å²) in [5.74, 6) is 0.870. The first kappa shape index (κ1) is 19.4. The summed E-state index contributed by atoms with van der Waals surface area (Å²) < 4.78 is 15.8. The predicted molar refractivity (Wildman–Crippen MR) is 100.0 cm³/mol. The highest BCUT2D eigenvalue weighted by Gasteiger charge is 2.36. The van der Waals surface area contributed by atoms with Gasteiger partial charge in [0.15, 0.2) is 0 Å². The van der Waals surface area contributed by atoms with Crippen LogP contribution in [0, 0.1) is 5.92 Å². The van der Waals surface area contributed by atoms with E-state index in [9.17, 15) is 9.59 Å². The first-order valence-corrected chi connectivity index (χ1v) is 9.21. The molecule has 2 unspecified atom stereocenters. The van der Waals surface area contributed by atoms with Gasteiger partial charge in [-0.15, -0.1) is 0 Å². The van der Waals surface area contributed by atoms with E-state index in [4.69, 9.17) is 19.9 Å². The van der Waals surface area contributed by atoms with Crippen molar-refractivity contribution in [1.29, 1.82) is 0 Å². The number of rotatable bonds is 6. The van der Waals surface area contributed by atoms with E-state index < -0.39 is 12.1 Å². The van der Waals surface area contributed by atoms with Crippen LogP contribution in [0.25, 0.3) is 0 Å². The number of anilines is 1. The van der Waals surface area contributed by atoms with Crippen molar-refractivity contribution in [3.63, 3.8) is 0 Å². The summed E-state index contributed by atoms with van der Waals surface area (Å²) in [4.78, 5) is 26.9. The molecule has 0 aliphatic carbocycles. The quantitative estimate of drug-likeness (QED) is 0.756. The van der Waals surface area contributed by atoms with E-state index in [2.05, 4.69) is 5.32 Å². The van der Waals surface area contributed by atoms with Crippen LogP contribution in [0.5, 0.6) is 11.5 Å². The number of nitrogens with two attached hydrogens (primary N) is 1. The Balaban J connectivity index is 1.65. The summed E-state index contributed by atoms with van der Waals surface area (Å²) >= 11 is 0. The maximum atomic E-state index is 12.8. The average molecular weight is 377 g/mol. The molecule has 1 aromatic rings. The maximum absolute atomic E-state index is 12.8. The zero-order chi connectivity index (χ0) is 19.4. The molecule has 3 N–H and O–H groups in total. The number of hydrogen-bond donors (Lipinski definition) is 2. The molecule has 0 saturated carbocycles. The Kier molecular flexibility index (Phi) is 6.18. The van der Waals surface area contributed by atoms with Gasteiger partial charge in [-0.25, -0.2) is 0 Å². The fourth-order valence-corrected chi connectivity index (χ4v) is 3.58. The Hall–Kier alpha value is -2.32. The van der Waals surface area contributed by atoms with Crippen molar-refractivity contribution in [2.24, 2.45) is 11.7 Å². The van der Waals surface area contributed by atoms with Gasteiger partial charge in [0.2, 0.25) is 11.8 Å². The summed E-state index contributed by atoms with van der Waals surface area (Å²) in [7, 11) is 3.12. The van der Waals surface area contributed by atoms with Crippen LogP contribution in [0.1, 0.15) is 19.3 Å². The molecular weight excluding hydrogens is 350 g/mol. The molecular formula is C19H27N3O5. The summed E-state index contributed by atoms with van der Waals surface area (Å²) in [5.41, 5.74) is 6.79. The minimum atomic E-state index is -0.618. The standard InChI is InChI=1S/C19H27N3O5/c1-25-14-9-13(10-15(11-14)26-2)22-6-3-16(19(22)24)21-18(23)17(20)12-4-7-27-8-5-12/h9-12,16-17H,3-8,20H2,1-2H3,(H,21,23). The first-order valence-electron chi connectivity index (χ1n) is 9.21. The molecule has 8 nitrogen and oxygen atoms in total.